The molecule has 106 valence electrons. The van der Waals surface area contributed by atoms with Gasteiger partial charge in [-0.25, -0.2) is 0 Å². The molecule has 0 aliphatic heterocycles. The van der Waals surface area contributed by atoms with Crippen LogP contribution in [0.15, 0.2) is 54.6 Å². The number of anilines is 1. The van der Waals surface area contributed by atoms with Gasteiger partial charge in [0.15, 0.2) is 0 Å². The Morgan fingerprint density at radius 2 is 1.90 bits per heavy atom. The molecule has 1 aromatic heterocycles. The standard InChI is InChI=1S/C17H16N2O2/c1-19(13-7-5-8-14(11-13)21-2)17(20)16-10-12-6-3-4-9-15(12)18-16/h3-11,18H,1-2H3. The zero-order valence-corrected chi connectivity index (χ0v) is 12.0. The van der Waals surface area contributed by atoms with Crippen molar-refractivity contribution in [2.24, 2.45) is 0 Å². The molecule has 0 bridgehead atoms. The lowest BCUT2D eigenvalue weighted by Gasteiger charge is -2.17. The Kier molecular flexibility index (Phi) is 3.36. The highest BCUT2D eigenvalue weighted by Crippen LogP contribution is 2.22. The molecule has 1 heterocycles. The number of fused-ring (bicyclic) bond motifs is 1. The summed E-state index contributed by atoms with van der Waals surface area (Å²) in [5, 5.41) is 1.03. The van der Waals surface area contributed by atoms with E-state index in [1.807, 2.05) is 54.6 Å². The first-order chi connectivity index (χ1) is 10.2. The lowest BCUT2D eigenvalue weighted by atomic mass is 10.2. The summed E-state index contributed by atoms with van der Waals surface area (Å²) in [7, 11) is 3.36. The van der Waals surface area contributed by atoms with Crippen molar-refractivity contribution in [2.45, 2.75) is 0 Å². The third kappa shape index (κ3) is 2.48. The smallest absolute Gasteiger partial charge is 0.274 e. The van der Waals surface area contributed by atoms with Crippen molar-refractivity contribution < 1.29 is 9.53 Å². The number of hydrogen-bond acceptors (Lipinski definition) is 2. The Morgan fingerprint density at radius 3 is 2.67 bits per heavy atom. The first-order valence-corrected chi connectivity index (χ1v) is 6.69. The van der Waals surface area contributed by atoms with Crippen molar-refractivity contribution in [3.63, 3.8) is 0 Å². The fourth-order valence-electron chi connectivity index (χ4n) is 2.31. The molecule has 0 radical (unpaired) electrons. The minimum Gasteiger partial charge on any atom is -0.497 e. The predicted molar refractivity (Wildman–Crippen MR) is 84.0 cm³/mol. The molecule has 1 amide bonds. The van der Waals surface area contributed by atoms with Crippen LogP contribution in [0.5, 0.6) is 5.75 Å². The Morgan fingerprint density at radius 1 is 1.10 bits per heavy atom. The van der Waals surface area contributed by atoms with Gasteiger partial charge in [0.25, 0.3) is 5.91 Å². The van der Waals surface area contributed by atoms with Gasteiger partial charge in [-0.3, -0.25) is 4.79 Å². The van der Waals surface area contributed by atoms with E-state index < -0.39 is 0 Å². The van der Waals surface area contributed by atoms with Gasteiger partial charge in [-0.1, -0.05) is 24.3 Å². The number of nitrogens with one attached hydrogen (secondary N) is 1. The maximum Gasteiger partial charge on any atom is 0.274 e. The van der Waals surface area contributed by atoms with Gasteiger partial charge in [-0.2, -0.15) is 0 Å². The Hall–Kier alpha value is -2.75. The highest BCUT2D eigenvalue weighted by atomic mass is 16.5. The Labute approximate surface area is 123 Å². The third-order valence-electron chi connectivity index (χ3n) is 3.51. The predicted octanol–water partition coefficient (Wildman–Crippen LogP) is 3.45. The number of amides is 1. The molecule has 0 saturated carbocycles. The average Bonchev–Trinajstić information content (AvgIpc) is 2.97. The average molecular weight is 280 g/mol. The molecule has 0 unspecified atom stereocenters. The number of ether oxygens (including phenoxy) is 1. The van der Waals surface area contributed by atoms with Gasteiger partial charge in [-0.15, -0.1) is 0 Å². The molecule has 4 heteroatoms. The molecular weight excluding hydrogens is 264 g/mol. The largest absolute Gasteiger partial charge is 0.497 e. The number of rotatable bonds is 3. The van der Waals surface area contributed by atoms with E-state index in [-0.39, 0.29) is 5.91 Å². The molecule has 4 nitrogen and oxygen atoms in total. The number of benzene rings is 2. The summed E-state index contributed by atoms with van der Waals surface area (Å²) < 4.78 is 5.19. The molecule has 3 aromatic rings. The van der Waals surface area contributed by atoms with E-state index in [4.69, 9.17) is 4.74 Å². The maximum atomic E-state index is 12.6. The second-order valence-electron chi connectivity index (χ2n) is 4.84. The van der Waals surface area contributed by atoms with Crippen molar-refractivity contribution in [1.29, 1.82) is 0 Å². The van der Waals surface area contributed by atoms with E-state index in [2.05, 4.69) is 4.98 Å². The van der Waals surface area contributed by atoms with E-state index in [0.29, 0.717) is 5.69 Å². The van der Waals surface area contributed by atoms with Gasteiger partial charge >= 0.3 is 0 Å². The Balaban J connectivity index is 1.93. The molecule has 0 fully saturated rings. The van der Waals surface area contributed by atoms with E-state index in [1.165, 1.54) is 0 Å². The van der Waals surface area contributed by atoms with E-state index in [1.54, 1.807) is 19.1 Å². The van der Waals surface area contributed by atoms with E-state index >= 15 is 0 Å². The van der Waals surface area contributed by atoms with Gasteiger partial charge in [-0.05, 0) is 24.3 Å². The van der Waals surface area contributed by atoms with Crippen LogP contribution in [-0.4, -0.2) is 25.0 Å². The quantitative estimate of drug-likeness (QED) is 0.798. The minimum absolute atomic E-state index is 0.0838. The van der Waals surface area contributed by atoms with Gasteiger partial charge in [0.2, 0.25) is 0 Å². The SMILES string of the molecule is COc1cccc(N(C)C(=O)c2cc3ccccc3[nH]2)c1. The van der Waals surface area contributed by atoms with Gasteiger partial charge in [0, 0.05) is 29.7 Å². The minimum atomic E-state index is -0.0838. The van der Waals surface area contributed by atoms with Crippen LogP contribution in [-0.2, 0) is 0 Å². The summed E-state index contributed by atoms with van der Waals surface area (Å²) in [5.41, 5.74) is 2.32. The maximum absolute atomic E-state index is 12.6. The molecule has 0 atom stereocenters. The normalized spacial score (nSPS) is 10.6. The molecule has 0 spiro atoms. The summed E-state index contributed by atoms with van der Waals surface area (Å²) in [6, 6.07) is 17.1. The van der Waals surface area contributed by atoms with Crippen molar-refractivity contribution >= 4 is 22.5 Å². The van der Waals surface area contributed by atoms with Crippen LogP contribution < -0.4 is 9.64 Å². The Bertz CT molecular complexity index is 759. The number of methoxy groups -OCH3 is 1. The fourth-order valence-corrected chi connectivity index (χ4v) is 2.31. The molecule has 1 N–H and O–H groups in total. The molecule has 0 saturated heterocycles. The number of aromatic amines is 1. The molecular formula is C17H16N2O2. The second kappa shape index (κ2) is 5.32. The number of aromatic nitrogens is 1. The van der Waals surface area contributed by atoms with Gasteiger partial charge in [0.05, 0.1) is 7.11 Å². The van der Waals surface area contributed by atoms with Crippen LogP contribution in [0.4, 0.5) is 5.69 Å². The van der Waals surface area contributed by atoms with Crippen LogP contribution in [0, 0.1) is 0 Å². The number of carbonyl (C=O) groups is 1. The molecule has 0 aliphatic rings. The van der Waals surface area contributed by atoms with Crippen molar-refractivity contribution in [3.8, 4) is 5.75 Å². The van der Waals surface area contributed by atoms with Gasteiger partial charge in [0.1, 0.15) is 11.4 Å². The molecule has 3 rings (SSSR count). The third-order valence-corrected chi connectivity index (χ3v) is 3.51. The number of hydrogen-bond donors (Lipinski definition) is 1. The number of carbonyl (C=O) groups excluding carboxylic acids is 1. The van der Waals surface area contributed by atoms with Crippen LogP contribution in [0.1, 0.15) is 10.5 Å². The number of nitrogens with zero attached hydrogens (tertiary/aromatic N) is 1. The second-order valence-corrected chi connectivity index (χ2v) is 4.84. The van der Waals surface area contributed by atoms with Crippen molar-refractivity contribution in [3.05, 3.63) is 60.3 Å². The monoisotopic (exact) mass is 280 g/mol. The zero-order valence-electron chi connectivity index (χ0n) is 12.0. The highest BCUT2D eigenvalue weighted by molar-refractivity contribution is 6.07. The number of para-hydroxylation sites is 1. The first-order valence-electron chi connectivity index (χ1n) is 6.69. The lowest BCUT2D eigenvalue weighted by Crippen LogP contribution is -2.26. The summed E-state index contributed by atoms with van der Waals surface area (Å²) >= 11 is 0. The van der Waals surface area contributed by atoms with Gasteiger partial charge < -0.3 is 14.6 Å². The van der Waals surface area contributed by atoms with Crippen LogP contribution in [0.3, 0.4) is 0 Å². The first kappa shape index (κ1) is 13.2. The van der Waals surface area contributed by atoms with Crippen LogP contribution >= 0.6 is 0 Å². The lowest BCUT2D eigenvalue weighted by molar-refractivity contribution is 0.0989. The summed E-state index contributed by atoms with van der Waals surface area (Å²) in [4.78, 5) is 17.3. The van der Waals surface area contributed by atoms with E-state index in [9.17, 15) is 4.79 Å². The van der Waals surface area contributed by atoms with Crippen LogP contribution in [0.25, 0.3) is 10.9 Å². The molecule has 21 heavy (non-hydrogen) atoms. The van der Waals surface area contributed by atoms with E-state index in [0.717, 1.165) is 22.3 Å². The summed E-state index contributed by atoms with van der Waals surface area (Å²) in [6.45, 7) is 0. The summed E-state index contributed by atoms with van der Waals surface area (Å²) in [5.74, 6) is 0.642. The summed E-state index contributed by atoms with van der Waals surface area (Å²) in [6.07, 6.45) is 0. The molecule has 0 aliphatic carbocycles. The number of H-pyrrole nitrogens is 1. The topological polar surface area (TPSA) is 45.3 Å². The highest BCUT2D eigenvalue weighted by Gasteiger charge is 2.16. The van der Waals surface area contributed by atoms with Crippen molar-refractivity contribution in [2.75, 3.05) is 19.1 Å². The molecule has 2 aromatic carbocycles. The van der Waals surface area contributed by atoms with Crippen LogP contribution in [0.2, 0.25) is 0 Å². The fraction of sp³-hybridized carbons (Fsp3) is 0.118. The zero-order chi connectivity index (χ0) is 14.8. The van der Waals surface area contributed by atoms with Crippen molar-refractivity contribution in [1.82, 2.24) is 4.98 Å².